The number of ether oxygens (including phenoxy) is 1. The molecule has 0 bridgehead atoms. The quantitative estimate of drug-likeness (QED) is 0.223. The van der Waals surface area contributed by atoms with Gasteiger partial charge in [-0.05, 0) is 60.9 Å². The molecule has 1 N–H and O–H groups in total. The predicted molar refractivity (Wildman–Crippen MR) is 130 cm³/mol. The SMILES string of the molecule is CC(=O)CCc1ccc2c(c1)nc(Nc1ccc(OC(F)(F)F)cc1)n2[C@H](CC(F)(F)F)c1ccccc1. The molecule has 3 aromatic carbocycles. The van der Waals surface area contributed by atoms with E-state index in [0.717, 1.165) is 17.7 Å². The summed E-state index contributed by atoms with van der Waals surface area (Å²) >= 11 is 0. The van der Waals surface area contributed by atoms with E-state index in [9.17, 15) is 31.1 Å². The molecule has 0 radical (unpaired) electrons. The van der Waals surface area contributed by atoms with E-state index in [2.05, 4.69) is 15.0 Å². The standard InChI is InChI=1S/C27H23F6N3O2/c1-17(37)7-8-18-9-14-23-22(15-18)35-25(34-20-10-12-21(13-11-20)38-27(31,32)33)36(23)24(16-26(28,29)30)19-5-3-2-4-6-19/h2-6,9-15,24H,7-8,16H2,1H3,(H,34,35)/t24-/m1/s1. The first kappa shape index (κ1) is 27.0. The van der Waals surface area contributed by atoms with Gasteiger partial charge in [-0.1, -0.05) is 36.4 Å². The number of nitrogens with zero attached hydrogens (tertiary/aromatic N) is 2. The number of benzene rings is 3. The van der Waals surface area contributed by atoms with Crippen LogP contribution in [0.3, 0.4) is 0 Å². The molecular formula is C27H23F6N3O2. The van der Waals surface area contributed by atoms with E-state index in [-0.39, 0.29) is 11.7 Å². The van der Waals surface area contributed by atoms with Gasteiger partial charge in [0.25, 0.3) is 0 Å². The van der Waals surface area contributed by atoms with Crippen molar-refractivity contribution in [1.82, 2.24) is 9.55 Å². The van der Waals surface area contributed by atoms with Crippen molar-refractivity contribution in [3.8, 4) is 5.75 Å². The van der Waals surface area contributed by atoms with Gasteiger partial charge in [-0.2, -0.15) is 13.2 Å². The Morgan fingerprint density at radius 2 is 1.66 bits per heavy atom. The van der Waals surface area contributed by atoms with Gasteiger partial charge in [0.1, 0.15) is 11.5 Å². The van der Waals surface area contributed by atoms with Gasteiger partial charge in [0.05, 0.1) is 23.5 Å². The number of imidazole rings is 1. The molecular weight excluding hydrogens is 512 g/mol. The van der Waals surface area contributed by atoms with Crippen LogP contribution in [0.5, 0.6) is 5.75 Å². The smallest absolute Gasteiger partial charge is 0.406 e. The van der Waals surface area contributed by atoms with Gasteiger partial charge in [-0.25, -0.2) is 4.98 Å². The molecule has 38 heavy (non-hydrogen) atoms. The molecule has 0 aliphatic carbocycles. The van der Waals surface area contributed by atoms with Crippen LogP contribution < -0.4 is 10.1 Å². The second-order valence-corrected chi connectivity index (χ2v) is 8.77. The van der Waals surface area contributed by atoms with Gasteiger partial charge in [-0.3, -0.25) is 0 Å². The van der Waals surface area contributed by atoms with Crippen molar-refractivity contribution in [3.05, 3.63) is 83.9 Å². The molecule has 0 amide bonds. The zero-order valence-electron chi connectivity index (χ0n) is 20.1. The number of nitrogens with one attached hydrogen (secondary N) is 1. The highest BCUT2D eigenvalue weighted by Gasteiger charge is 2.35. The summed E-state index contributed by atoms with van der Waals surface area (Å²) in [7, 11) is 0. The molecule has 0 aliphatic heterocycles. The number of alkyl halides is 6. The normalized spacial score (nSPS) is 12.9. The molecule has 5 nitrogen and oxygen atoms in total. The maximum absolute atomic E-state index is 13.8. The summed E-state index contributed by atoms with van der Waals surface area (Å²) in [5.74, 6) is -0.359. The van der Waals surface area contributed by atoms with E-state index >= 15 is 0 Å². The van der Waals surface area contributed by atoms with Crippen molar-refractivity contribution in [2.75, 3.05) is 5.32 Å². The van der Waals surface area contributed by atoms with E-state index in [1.54, 1.807) is 48.5 Å². The number of Topliss-reactive ketones (excluding diaryl/α,β-unsaturated/α-hetero) is 1. The van der Waals surface area contributed by atoms with Crippen LogP contribution in [-0.2, 0) is 11.2 Å². The summed E-state index contributed by atoms with van der Waals surface area (Å²) in [6, 6.07) is 16.9. The van der Waals surface area contributed by atoms with E-state index in [1.165, 1.54) is 23.6 Å². The highest BCUT2D eigenvalue weighted by molar-refractivity contribution is 5.81. The van der Waals surface area contributed by atoms with E-state index in [0.29, 0.717) is 35.1 Å². The monoisotopic (exact) mass is 535 g/mol. The van der Waals surface area contributed by atoms with Crippen molar-refractivity contribution in [3.63, 3.8) is 0 Å². The minimum atomic E-state index is -4.86. The summed E-state index contributed by atoms with van der Waals surface area (Å²) in [6.45, 7) is 1.47. The van der Waals surface area contributed by atoms with Gasteiger partial charge in [0, 0.05) is 12.1 Å². The van der Waals surface area contributed by atoms with Gasteiger partial charge in [0.15, 0.2) is 0 Å². The number of aromatic nitrogens is 2. The minimum absolute atomic E-state index is 0.00486. The van der Waals surface area contributed by atoms with Crippen LogP contribution in [0, 0.1) is 0 Å². The summed E-state index contributed by atoms with van der Waals surface area (Å²) in [4.78, 5) is 16.0. The number of carbonyl (C=O) groups excluding carboxylic acids is 1. The Balaban J connectivity index is 1.80. The third kappa shape index (κ3) is 7.05. The average molecular weight is 535 g/mol. The van der Waals surface area contributed by atoms with E-state index < -0.39 is 30.8 Å². The van der Waals surface area contributed by atoms with E-state index in [1.807, 2.05) is 0 Å². The number of aryl methyl sites for hydroxylation is 1. The number of anilines is 2. The Labute approximate surface area is 214 Å². The van der Waals surface area contributed by atoms with Crippen LogP contribution in [0.15, 0.2) is 72.8 Å². The Hall–Kier alpha value is -4.02. The summed E-state index contributed by atoms with van der Waals surface area (Å²) in [5.41, 5.74) is 2.33. The number of halogens is 6. The highest BCUT2D eigenvalue weighted by Crippen LogP contribution is 2.38. The first-order valence-corrected chi connectivity index (χ1v) is 11.6. The molecule has 0 saturated carbocycles. The Bertz CT molecular complexity index is 1400. The number of hydrogen-bond acceptors (Lipinski definition) is 4. The first-order chi connectivity index (χ1) is 17.9. The third-order valence-corrected chi connectivity index (χ3v) is 5.78. The fourth-order valence-electron chi connectivity index (χ4n) is 4.15. The maximum atomic E-state index is 13.8. The van der Waals surface area contributed by atoms with Crippen LogP contribution in [-0.4, -0.2) is 27.9 Å². The van der Waals surface area contributed by atoms with Crippen molar-refractivity contribution in [2.24, 2.45) is 0 Å². The molecule has 4 aromatic rings. The number of ketones is 1. The van der Waals surface area contributed by atoms with Crippen molar-refractivity contribution >= 4 is 28.5 Å². The number of hydrogen-bond donors (Lipinski definition) is 1. The summed E-state index contributed by atoms with van der Waals surface area (Å²) < 4.78 is 84.2. The van der Waals surface area contributed by atoms with Gasteiger partial charge < -0.3 is 19.4 Å². The fourth-order valence-corrected chi connectivity index (χ4v) is 4.15. The molecule has 1 heterocycles. The van der Waals surface area contributed by atoms with Crippen LogP contribution in [0.1, 0.15) is 36.9 Å². The number of rotatable bonds is 9. The molecule has 0 saturated heterocycles. The number of fused-ring (bicyclic) bond motifs is 1. The van der Waals surface area contributed by atoms with Crippen LogP contribution in [0.25, 0.3) is 11.0 Å². The molecule has 0 aliphatic rings. The molecule has 200 valence electrons. The lowest BCUT2D eigenvalue weighted by molar-refractivity contribution is -0.274. The predicted octanol–water partition coefficient (Wildman–Crippen LogP) is 7.74. The molecule has 1 atom stereocenters. The Morgan fingerprint density at radius 1 is 0.974 bits per heavy atom. The van der Waals surface area contributed by atoms with Gasteiger partial charge in [0.2, 0.25) is 5.95 Å². The van der Waals surface area contributed by atoms with E-state index in [4.69, 9.17) is 0 Å². The third-order valence-electron chi connectivity index (χ3n) is 5.78. The minimum Gasteiger partial charge on any atom is -0.406 e. The van der Waals surface area contributed by atoms with Crippen LogP contribution >= 0.6 is 0 Å². The molecule has 1 aromatic heterocycles. The van der Waals surface area contributed by atoms with Gasteiger partial charge >= 0.3 is 12.5 Å². The zero-order valence-corrected chi connectivity index (χ0v) is 20.1. The van der Waals surface area contributed by atoms with Crippen LogP contribution in [0.4, 0.5) is 38.0 Å². The Morgan fingerprint density at radius 3 is 2.26 bits per heavy atom. The second kappa shape index (κ2) is 10.8. The zero-order chi connectivity index (χ0) is 27.5. The van der Waals surface area contributed by atoms with Crippen molar-refractivity contribution < 1.29 is 35.9 Å². The maximum Gasteiger partial charge on any atom is 0.573 e. The topological polar surface area (TPSA) is 56.1 Å². The lowest BCUT2D eigenvalue weighted by Gasteiger charge is -2.24. The largest absolute Gasteiger partial charge is 0.573 e. The van der Waals surface area contributed by atoms with Crippen molar-refractivity contribution in [1.29, 1.82) is 0 Å². The molecule has 0 fully saturated rings. The first-order valence-electron chi connectivity index (χ1n) is 11.6. The summed E-state index contributed by atoms with van der Waals surface area (Å²) in [6.07, 6.45) is -9.78. The highest BCUT2D eigenvalue weighted by atomic mass is 19.4. The molecule has 11 heteroatoms. The Kier molecular flexibility index (Phi) is 7.66. The number of carbonyl (C=O) groups is 1. The summed E-state index contributed by atoms with van der Waals surface area (Å²) in [5, 5.41) is 2.95. The second-order valence-electron chi connectivity index (χ2n) is 8.77. The fraction of sp³-hybridized carbons (Fsp3) is 0.259. The average Bonchev–Trinajstić information content (AvgIpc) is 3.18. The lowest BCUT2D eigenvalue weighted by Crippen LogP contribution is -2.21. The van der Waals surface area contributed by atoms with Crippen LogP contribution in [0.2, 0.25) is 0 Å². The lowest BCUT2D eigenvalue weighted by atomic mass is 10.0. The molecule has 4 rings (SSSR count). The molecule has 0 spiro atoms. The molecule has 0 unspecified atom stereocenters. The van der Waals surface area contributed by atoms with Gasteiger partial charge in [-0.15, -0.1) is 13.2 Å². The van der Waals surface area contributed by atoms with Crippen molar-refractivity contribution in [2.45, 2.75) is 44.8 Å².